The summed E-state index contributed by atoms with van der Waals surface area (Å²) in [6, 6.07) is 12.6. The maximum Gasteiger partial charge on any atom is 0.337 e. The minimum atomic E-state index is -0.604. The van der Waals surface area contributed by atoms with Gasteiger partial charge in [-0.25, -0.2) is 4.79 Å². The zero-order valence-corrected chi connectivity index (χ0v) is 17.8. The molecule has 168 valence electrons. The predicted octanol–water partition coefficient (Wildman–Crippen LogP) is 2.97. The van der Waals surface area contributed by atoms with E-state index in [0.717, 1.165) is 0 Å². The van der Waals surface area contributed by atoms with E-state index < -0.39 is 24.5 Å². The molecule has 0 aliphatic carbocycles. The Morgan fingerprint density at radius 3 is 2.16 bits per heavy atom. The molecule has 2 rings (SSSR count). The van der Waals surface area contributed by atoms with Crippen molar-refractivity contribution in [1.82, 2.24) is 0 Å². The SMILES string of the molecule is COC(=O)c1ccc(NC(=O)CCCC(=O)OCC(=O)Nc2cccc(C(C)=O)c2)cc1. The van der Waals surface area contributed by atoms with E-state index in [4.69, 9.17) is 4.74 Å². The van der Waals surface area contributed by atoms with Crippen molar-refractivity contribution in [2.75, 3.05) is 24.4 Å². The molecular formula is C23H24N2O7. The highest BCUT2D eigenvalue weighted by molar-refractivity contribution is 5.97. The fourth-order valence-corrected chi connectivity index (χ4v) is 2.66. The second-order valence-corrected chi connectivity index (χ2v) is 6.82. The van der Waals surface area contributed by atoms with Crippen LogP contribution in [0.4, 0.5) is 11.4 Å². The Hall–Kier alpha value is -4.01. The quantitative estimate of drug-likeness (QED) is 0.429. The van der Waals surface area contributed by atoms with Crippen molar-refractivity contribution in [3.05, 3.63) is 59.7 Å². The van der Waals surface area contributed by atoms with Crippen LogP contribution in [0, 0.1) is 0 Å². The van der Waals surface area contributed by atoms with E-state index in [1.807, 2.05) is 0 Å². The highest BCUT2D eigenvalue weighted by Crippen LogP contribution is 2.12. The third-order valence-electron chi connectivity index (χ3n) is 4.29. The van der Waals surface area contributed by atoms with E-state index in [9.17, 15) is 24.0 Å². The number of Topliss-reactive ketones (excluding diaryl/α,β-unsaturated/α-hetero) is 1. The van der Waals surface area contributed by atoms with E-state index in [0.29, 0.717) is 22.5 Å². The van der Waals surface area contributed by atoms with Crippen molar-refractivity contribution in [2.24, 2.45) is 0 Å². The van der Waals surface area contributed by atoms with Gasteiger partial charge in [0.25, 0.3) is 5.91 Å². The smallest absolute Gasteiger partial charge is 0.337 e. The third-order valence-corrected chi connectivity index (χ3v) is 4.29. The number of hydrogen-bond donors (Lipinski definition) is 2. The van der Waals surface area contributed by atoms with E-state index >= 15 is 0 Å². The first kappa shape index (κ1) is 24.3. The van der Waals surface area contributed by atoms with Crippen LogP contribution in [-0.2, 0) is 23.9 Å². The molecule has 0 heterocycles. The van der Waals surface area contributed by atoms with E-state index in [-0.39, 0.29) is 31.0 Å². The maximum absolute atomic E-state index is 12.0. The number of benzene rings is 2. The largest absolute Gasteiger partial charge is 0.465 e. The standard InChI is InChI=1S/C23H24N2O7/c1-15(26)17-5-3-6-19(13-17)25-21(28)14-32-22(29)8-4-7-20(27)24-18-11-9-16(10-12-18)23(30)31-2/h3,5-6,9-13H,4,7-8,14H2,1-2H3,(H,24,27)(H,25,28). The van der Waals surface area contributed by atoms with Gasteiger partial charge < -0.3 is 20.1 Å². The monoisotopic (exact) mass is 440 g/mol. The number of amides is 2. The Bertz CT molecular complexity index is 1000. The van der Waals surface area contributed by atoms with Gasteiger partial charge in [-0.15, -0.1) is 0 Å². The minimum absolute atomic E-state index is 0.0260. The number of rotatable bonds is 10. The third kappa shape index (κ3) is 8.02. The summed E-state index contributed by atoms with van der Waals surface area (Å²) in [6.07, 6.45) is 0.298. The number of methoxy groups -OCH3 is 1. The maximum atomic E-state index is 12.0. The number of carbonyl (C=O) groups excluding carboxylic acids is 5. The van der Waals surface area contributed by atoms with Crippen LogP contribution in [0.1, 0.15) is 46.9 Å². The van der Waals surface area contributed by atoms with Crippen LogP contribution >= 0.6 is 0 Å². The fourth-order valence-electron chi connectivity index (χ4n) is 2.66. The predicted molar refractivity (Wildman–Crippen MR) is 116 cm³/mol. The van der Waals surface area contributed by atoms with Crippen LogP contribution < -0.4 is 10.6 Å². The first-order valence-corrected chi connectivity index (χ1v) is 9.83. The minimum Gasteiger partial charge on any atom is -0.465 e. The zero-order valence-electron chi connectivity index (χ0n) is 17.8. The molecule has 0 aliphatic rings. The molecule has 0 saturated heterocycles. The van der Waals surface area contributed by atoms with Gasteiger partial charge in [0.2, 0.25) is 5.91 Å². The molecule has 2 N–H and O–H groups in total. The van der Waals surface area contributed by atoms with Crippen LogP contribution in [0.5, 0.6) is 0 Å². The summed E-state index contributed by atoms with van der Waals surface area (Å²) in [4.78, 5) is 58.4. The summed E-state index contributed by atoms with van der Waals surface area (Å²) in [5, 5.41) is 5.21. The van der Waals surface area contributed by atoms with Gasteiger partial charge >= 0.3 is 11.9 Å². The molecule has 0 radical (unpaired) electrons. The number of ether oxygens (including phenoxy) is 2. The van der Waals surface area contributed by atoms with Gasteiger partial charge in [-0.2, -0.15) is 0 Å². The lowest BCUT2D eigenvalue weighted by molar-refractivity contribution is -0.147. The van der Waals surface area contributed by atoms with Gasteiger partial charge in [0.15, 0.2) is 12.4 Å². The zero-order chi connectivity index (χ0) is 23.5. The second-order valence-electron chi connectivity index (χ2n) is 6.82. The first-order chi connectivity index (χ1) is 15.3. The first-order valence-electron chi connectivity index (χ1n) is 9.83. The molecule has 0 saturated carbocycles. The van der Waals surface area contributed by atoms with E-state index in [1.165, 1.54) is 32.2 Å². The molecule has 9 heteroatoms. The Labute approximate surface area is 185 Å². The van der Waals surface area contributed by atoms with Gasteiger partial charge in [0.05, 0.1) is 12.7 Å². The van der Waals surface area contributed by atoms with Gasteiger partial charge in [0, 0.05) is 29.8 Å². The number of esters is 2. The average molecular weight is 440 g/mol. The highest BCUT2D eigenvalue weighted by Gasteiger charge is 2.11. The van der Waals surface area contributed by atoms with Gasteiger partial charge in [-0.05, 0) is 49.7 Å². The van der Waals surface area contributed by atoms with Crippen molar-refractivity contribution in [1.29, 1.82) is 0 Å². The van der Waals surface area contributed by atoms with Gasteiger partial charge in [-0.3, -0.25) is 19.2 Å². The molecule has 2 amide bonds. The topological polar surface area (TPSA) is 128 Å². The highest BCUT2D eigenvalue weighted by atomic mass is 16.5. The fraction of sp³-hybridized carbons (Fsp3) is 0.261. The lowest BCUT2D eigenvalue weighted by Gasteiger charge is -2.08. The van der Waals surface area contributed by atoms with Crippen molar-refractivity contribution in [3.63, 3.8) is 0 Å². The second kappa shape index (κ2) is 12.0. The summed E-state index contributed by atoms with van der Waals surface area (Å²) < 4.78 is 9.51. The van der Waals surface area contributed by atoms with Crippen LogP contribution in [0.2, 0.25) is 0 Å². The van der Waals surface area contributed by atoms with Crippen molar-refractivity contribution < 1.29 is 33.4 Å². The summed E-state index contributed by atoms with van der Waals surface area (Å²) in [6.45, 7) is 0.950. The Morgan fingerprint density at radius 1 is 0.812 bits per heavy atom. The van der Waals surface area contributed by atoms with Crippen molar-refractivity contribution in [2.45, 2.75) is 26.2 Å². The molecule has 0 atom stereocenters. The molecule has 32 heavy (non-hydrogen) atoms. The molecule has 0 spiro atoms. The summed E-state index contributed by atoms with van der Waals surface area (Å²) in [5.74, 6) is -2.04. The van der Waals surface area contributed by atoms with Crippen LogP contribution in [0.3, 0.4) is 0 Å². The van der Waals surface area contributed by atoms with Crippen LogP contribution in [-0.4, -0.2) is 43.3 Å². The summed E-state index contributed by atoms with van der Waals surface area (Å²) >= 11 is 0. The number of ketones is 1. The van der Waals surface area contributed by atoms with Crippen LogP contribution in [0.15, 0.2) is 48.5 Å². The molecule has 2 aromatic carbocycles. The number of hydrogen-bond acceptors (Lipinski definition) is 7. The molecular weight excluding hydrogens is 416 g/mol. The molecule has 2 aromatic rings. The lowest BCUT2D eigenvalue weighted by Crippen LogP contribution is -2.21. The number of anilines is 2. The number of nitrogens with one attached hydrogen (secondary N) is 2. The van der Waals surface area contributed by atoms with E-state index in [1.54, 1.807) is 30.3 Å². The lowest BCUT2D eigenvalue weighted by atomic mass is 10.1. The Morgan fingerprint density at radius 2 is 1.50 bits per heavy atom. The molecule has 0 fully saturated rings. The van der Waals surface area contributed by atoms with Crippen molar-refractivity contribution in [3.8, 4) is 0 Å². The van der Waals surface area contributed by atoms with Crippen molar-refractivity contribution >= 4 is 40.9 Å². The summed E-state index contributed by atoms with van der Waals surface area (Å²) in [5.41, 5.74) is 1.76. The van der Waals surface area contributed by atoms with Gasteiger partial charge in [-0.1, -0.05) is 12.1 Å². The molecule has 9 nitrogen and oxygen atoms in total. The van der Waals surface area contributed by atoms with E-state index in [2.05, 4.69) is 15.4 Å². The average Bonchev–Trinajstić information content (AvgIpc) is 2.77. The molecule has 0 aliphatic heterocycles. The Kier molecular flexibility index (Phi) is 9.09. The normalized spacial score (nSPS) is 10.1. The van der Waals surface area contributed by atoms with Crippen LogP contribution in [0.25, 0.3) is 0 Å². The summed E-state index contributed by atoms with van der Waals surface area (Å²) in [7, 11) is 1.28. The Balaban J connectivity index is 1.67. The molecule has 0 aromatic heterocycles. The molecule has 0 bridgehead atoms. The van der Waals surface area contributed by atoms with Gasteiger partial charge in [0.1, 0.15) is 0 Å². The number of carbonyl (C=O) groups is 5. The molecule has 0 unspecified atom stereocenters.